The molecule has 0 unspecified atom stereocenters. The number of rotatable bonds is 4. The van der Waals surface area contributed by atoms with Gasteiger partial charge in [0.15, 0.2) is 0 Å². The smallest absolute Gasteiger partial charge is 0.417 e. The Kier molecular flexibility index (Phi) is 4.98. The van der Waals surface area contributed by atoms with E-state index in [0.717, 1.165) is 0 Å². The molecule has 2 aromatic carbocycles. The van der Waals surface area contributed by atoms with Crippen LogP contribution in [0.25, 0.3) is 0 Å². The lowest BCUT2D eigenvalue weighted by molar-refractivity contribution is -0.242. The maximum atomic E-state index is 11.9. The number of nitrogens with one attached hydrogen (secondary N) is 2. The monoisotopic (exact) mass is 299 g/mol. The zero-order valence-electron chi connectivity index (χ0n) is 12.0. The van der Waals surface area contributed by atoms with E-state index in [1.54, 1.807) is 42.5 Å². The van der Waals surface area contributed by atoms with Crippen molar-refractivity contribution >= 4 is 23.6 Å². The van der Waals surface area contributed by atoms with Crippen LogP contribution in [-0.2, 0) is 6.42 Å². The van der Waals surface area contributed by atoms with Gasteiger partial charge in [0.25, 0.3) is 0 Å². The fraction of sp³-hybridized carbons (Fsp3) is 0.125. The highest BCUT2D eigenvalue weighted by Crippen LogP contribution is 2.27. The average Bonchev–Trinajstić information content (AvgIpc) is 2.48. The number of benzene rings is 2. The van der Waals surface area contributed by atoms with E-state index in [1.807, 2.05) is 13.0 Å². The van der Waals surface area contributed by atoms with Crippen LogP contribution >= 0.6 is 0 Å². The van der Waals surface area contributed by atoms with Crippen molar-refractivity contribution in [3.63, 3.8) is 0 Å². The number of para-hydroxylation sites is 1. The van der Waals surface area contributed by atoms with Gasteiger partial charge in [-0.3, -0.25) is 5.32 Å². The fourth-order valence-corrected chi connectivity index (χ4v) is 2.02. The quantitative estimate of drug-likeness (QED) is 0.908. The molecule has 2 N–H and O–H groups in total. The molecular formula is C16H15N2O4-. The van der Waals surface area contributed by atoms with Crippen LogP contribution in [-0.4, -0.2) is 12.2 Å². The molecule has 0 aliphatic heterocycles. The number of carbonyl (C=O) groups excluding carboxylic acids is 2. The van der Waals surface area contributed by atoms with Crippen molar-refractivity contribution in [1.29, 1.82) is 0 Å². The van der Waals surface area contributed by atoms with Gasteiger partial charge >= 0.3 is 6.09 Å². The molecule has 0 saturated heterocycles. The van der Waals surface area contributed by atoms with E-state index in [2.05, 4.69) is 10.6 Å². The van der Waals surface area contributed by atoms with Crippen molar-refractivity contribution in [3.8, 4) is 5.75 Å². The van der Waals surface area contributed by atoms with Crippen molar-refractivity contribution < 1.29 is 19.4 Å². The molecule has 0 bridgehead atoms. The molecule has 6 heteroatoms. The van der Waals surface area contributed by atoms with Crippen molar-refractivity contribution in [2.45, 2.75) is 13.3 Å². The van der Waals surface area contributed by atoms with Gasteiger partial charge in [-0.1, -0.05) is 31.2 Å². The molecule has 0 atom stereocenters. The number of carboxylic acid groups (broad SMARTS) is 1. The third-order valence-corrected chi connectivity index (χ3v) is 2.95. The number of anilines is 2. The molecule has 0 aliphatic rings. The Morgan fingerprint density at radius 3 is 2.41 bits per heavy atom. The molecule has 0 spiro atoms. The summed E-state index contributed by atoms with van der Waals surface area (Å²) in [6.07, 6.45) is -1.57. The topological polar surface area (TPSA) is 90.5 Å². The standard InChI is InChI=1S/C16H16N2O4/c1-2-12-13(18-15(19)20)9-6-10-14(12)22-16(21)17-11-7-4-3-5-8-11/h3-10,18H,2H2,1H3,(H,17,21)(H,19,20)/p-1. The third-order valence-electron chi connectivity index (χ3n) is 2.95. The Labute approximate surface area is 127 Å². The van der Waals surface area contributed by atoms with E-state index in [-0.39, 0.29) is 0 Å². The first-order valence-corrected chi connectivity index (χ1v) is 6.74. The second kappa shape index (κ2) is 7.12. The fourth-order valence-electron chi connectivity index (χ4n) is 2.02. The maximum absolute atomic E-state index is 11.9. The van der Waals surface area contributed by atoms with Gasteiger partial charge in [-0.15, -0.1) is 0 Å². The molecule has 0 heterocycles. The van der Waals surface area contributed by atoms with Crippen molar-refractivity contribution in [2.24, 2.45) is 0 Å². The summed E-state index contributed by atoms with van der Waals surface area (Å²) in [5.41, 5.74) is 1.52. The lowest BCUT2D eigenvalue weighted by atomic mass is 10.1. The van der Waals surface area contributed by atoms with E-state index in [1.165, 1.54) is 0 Å². The van der Waals surface area contributed by atoms with E-state index in [0.29, 0.717) is 29.1 Å². The van der Waals surface area contributed by atoms with Crippen LogP contribution in [0, 0.1) is 0 Å². The number of hydrogen-bond acceptors (Lipinski definition) is 4. The lowest BCUT2D eigenvalue weighted by Gasteiger charge is -2.15. The first-order valence-electron chi connectivity index (χ1n) is 6.74. The molecule has 0 fully saturated rings. The van der Waals surface area contributed by atoms with Crippen LogP contribution in [0.4, 0.5) is 21.0 Å². The predicted octanol–water partition coefficient (Wildman–Crippen LogP) is 2.62. The van der Waals surface area contributed by atoms with Crippen LogP contribution in [0.5, 0.6) is 5.75 Å². The minimum absolute atomic E-state index is 0.294. The van der Waals surface area contributed by atoms with Gasteiger partial charge in [0, 0.05) is 16.9 Å². The zero-order chi connectivity index (χ0) is 15.9. The van der Waals surface area contributed by atoms with Crippen LogP contribution in [0.15, 0.2) is 48.5 Å². The van der Waals surface area contributed by atoms with Gasteiger partial charge in [-0.05, 0) is 30.7 Å². The minimum atomic E-state index is -1.42. The average molecular weight is 299 g/mol. The Morgan fingerprint density at radius 2 is 1.77 bits per heavy atom. The summed E-state index contributed by atoms with van der Waals surface area (Å²) in [5, 5.41) is 15.4. The molecule has 6 nitrogen and oxygen atoms in total. The summed E-state index contributed by atoms with van der Waals surface area (Å²) in [7, 11) is 0. The summed E-state index contributed by atoms with van der Waals surface area (Å²) in [4.78, 5) is 22.6. The second-order valence-electron chi connectivity index (χ2n) is 4.43. The van der Waals surface area contributed by atoms with Gasteiger partial charge < -0.3 is 20.0 Å². The molecule has 0 aromatic heterocycles. The number of ether oxygens (including phenoxy) is 1. The van der Waals surface area contributed by atoms with Crippen LogP contribution in [0.1, 0.15) is 12.5 Å². The summed E-state index contributed by atoms with van der Waals surface area (Å²) in [5.74, 6) is 0.294. The van der Waals surface area contributed by atoms with Crippen LogP contribution in [0.2, 0.25) is 0 Å². The Bertz CT molecular complexity index is 671. The highest BCUT2D eigenvalue weighted by molar-refractivity contribution is 5.87. The van der Waals surface area contributed by atoms with Gasteiger partial charge in [-0.25, -0.2) is 4.79 Å². The van der Waals surface area contributed by atoms with Gasteiger partial charge in [0.2, 0.25) is 0 Å². The molecule has 2 amide bonds. The first-order chi connectivity index (χ1) is 10.6. The lowest BCUT2D eigenvalue weighted by Crippen LogP contribution is -2.29. The number of hydrogen-bond donors (Lipinski definition) is 2. The maximum Gasteiger partial charge on any atom is 0.417 e. The normalized spacial score (nSPS) is 9.86. The van der Waals surface area contributed by atoms with Crippen LogP contribution < -0.4 is 20.5 Å². The Morgan fingerprint density at radius 1 is 1.05 bits per heavy atom. The molecule has 2 aromatic rings. The summed E-state index contributed by atoms with van der Waals surface area (Å²) >= 11 is 0. The molecule has 0 saturated carbocycles. The molecule has 22 heavy (non-hydrogen) atoms. The van der Waals surface area contributed by atoms with Crippen molar-refractivity contribution in [2.75, 3.05) is 10.6 Å². The first kappa shape index (κ1) is 15.4. The third kappa shape index (κ3) is 3.99. The molecule has 0 radical (unpaired) electrons. The molecular weight excluding hydrogens is 284 g/mol. The molecule has 114 valence electrons. The van der Waals surface area contributed by atoms with E-state index in [9.17, 15) is 14.7 Å². The summed E-state index contributed by atoms with van der Waals surface area (Å²) in [6.45, 7) is 1.83. The van der Waals surface area contributed by atoms with E-state index in [4.69, 9.17) is 4.74 Å². The van der Waals surface area contributed by atoms with Crippen molar-refractivity contribution in [1.82, 2.24) is 0 Å². The Hall–Kier alpha value is -3.02. The predicted molar refractivity (Wildman–Crippen MR) is 80.9 cm³/mol. The largest absolute Gasteiger partial charge is 0.530 e. The second-order valence-corrected chi connectivity index (χ2v) is 4.43. The van der Waals surface area contributed by atoms with E-state index >= 15 is 0 Å². The summed E-state index contributed by atoms with van der Waals surface area (Å²) < 4.78 is 5.26. The van der Waals surface area contributed by atoms with Crippen LogP contribution in [0.3, 0.4) is 0 Å². The SMILES string of the molecule is CCc1c(NC(=O)[O-])cccc1OC(=O)Nc1ccccc1. The zero-order valence-corrected chi connectivity index (χ0v) is 12.0. The number of amides is 2. The van der Waals surface area contributed by atoms with Gasteiger partial charge in [0.1, 0.15) is 11.8 Å². The number of carbonyl (C=O) groups is 2. The Balaban J connectivity index is 2.15. The van der Waals surface area contributed by atoms with Gasteiger partial charge in [0.05, 0.1) is 0 Å². The molecule has 0 aliphatic carbocycles. The highest BCUT2D eigenvalue weighted by Gasteiger charge is 2.12. The van der Waals surface area contributed by atoms with Crippen molar-refractivity contribution in [3.05, 3.63) is 54.1 Å². The minimum Gasteiger partial charge on any atom is -0.530 e. The highest BCUT2D eigenvalue weighted by atomic mass is 16.6. The summed E-state index contributed by atoms with van der Waals surface area (Å²) in [6, 6.07) is 13.7. The molecule has 2 rings (SSSR count). The van der Waals surface area contributed by atoms with E-state index < -0.39 is 12.2 Å². The van der Waals surface area contributed by atoms with Gasteiger partial charge in [-0.2, -0.15) is 0 Å².